The van der Waals surface area contributed by atoms with Gasteiger partial charge in [-0.1, -0.05) is 12.1 Å². The molecule has 0 radical (unpaired) electrons. The number of esters is 1. The zero-order chi connectivity index (χ0) is 18.0. The summed E-state index contributed by atoms with van der Waals surface area (Å²) >= 11 is 1.32. The van der Waals surface area contributed by atoms with E-state index in [0.29, 0.717) is 28.8 Å². The lowest BCUT2D eigenvalue weighted by molar-refractivity contribution is 0.0530. The highest BCUT2D eigenvalue weighted by molar-refractivity contribution is 7.17. The zero-order valence-electron chi connectivity index (χ0n) is 14.7. The molecule has 1 unspecified atom stereocenters. The number of amides is 1. The van der Waals surface area contributed by atoms with Crippen molar-refractivity contribution in [1.82, 2.24) is 9.88 Å². The smallest absolute Gasteiger partial charge is 0.350 e. The third-order valence-corrected chi connectivity index (χ3v) is 5.64. The molecule has 0 saturated carbocycles. The van der Waals surface area contributed by atoms with E-state index in [9.17, 15) is 9.59 Å². The Hall–Kier alpha value is -2.21. The van der Waals surface area contributed by atoms with Crippen LogP contribution in [0, 0.1) is 6.92 Å². The van der Waals surface area contributed by atoms with Crippen molar-refractivity contribution in [2.24, 2.45) is 0 Å². The number of thiazole rings is 1. The van der Waals surface area contributed by atoms with E-state index >= 15 is 0 Å². The van der Waals surface area contributed by atoms with Gasteiger partial charge in [-0.05, 0) is 45.7 Å². The van der Waals surface area contributed by atoms with E-state index in [1.165, 1.54) is 11.3 Å². The molecule has 1 atom stereocenters. The summed E-state index contributed by atoms with van der Waals surface area (Å²) in [6, 6.07) is 7.76. The fourth-order valence-corrected chi connectivity index (χ4v) is 4.03. The van der Waals surface area contributed by atoms with Crippen LogP contribution in [0.3, 0.4) is 0 Å². The quantitative estimate of drug-likeness (QED) is 0.777. The van der Waals surface area contributed by atoms with Gasteiger partial charge in [-0.3, -0.25) is 4.79 Å². The lowest BCUT2D eigenvalue weighted by atomic mass is 10.1. The number of carbonyl (C=O) groups is 2. The molecule has 0 aliphatic carbocycles. The molecule has 25 heavy (non-hydrogen) atoms. The van der Waals surface area contributed by atoms with Crippen LogP contribution in [0.4, 0.5) is 0 Å². The first-order chi connectivity index (χ1) is 12.0. The number of nitrogens with zero attached hydrogens (tertiary/aromatic N) is 2. The van der Waals surface area contributed by atoms with E-state index in [-0.39, 0.29) is 11.9 Å². The average Bonchev–Trinajstić information content (AvgIpc) is 3.20. The molecule has 1 amide bonds. The summed E-state index contributed by atoms with van der Waals surface area (Å²) in [6.45, 7) is 6.85. The maximum absolute atomic E-state index is 12.6. The SMILES string of the molecule is CCOC(=O)c1sc(-c2ccc(C(=O)N3CCCC3C)cc2)nc1C. The lowest BCUT2D eigenvalue weighted by Crippen LogP contribution is -2.33. The van der Waals surface area contributed by atoms with E-state index in [1.54, 1.807) is 13.8 Å². The van der Waals surface area contributed by atoms with Gasteiger partial charge in [0, 0.05) is 23.7 Å². The van der Waals surface area contributed by atoms with Crippen LogP contribution in [-0.2, 0) is 4.74 Å². The molecule has 5 nitrogen and oxygen atoms in total. The van der Waals surface area contributed by atoms with Gasteiger partial charge in [0.25, 0.3) is 5.91 Å². The molecule has 0 spiro atoms. The van der Waals surface area contributed by atoms with Gasteiger partial charge in [0.1, 0.15) is 9.88 Å². The normalized spacial score (nSPS) is 16.9. The molecule has 132 valence electrons. The second-order valence-corrected chi connectivity index (χ2v) is 7.22. The largest absolute Gasteiger partial charge is 0.462 e. The van der Waals surface area contributed by atoms with Crippen molar-refractivity contribution in [3.8, 4) is 10.6 Å². The highest BCUT2D eigenvalue weighted by atomic mass is 32.1. The summed E-state index contributed by atoms with van der Waals surface area (Å²) in [5, 5.41) is 0.758. The minimum atomic E-state index is -0.335. The Morgan fingerprint density at radius 2 is 2.04 bits per heavy atom. The van der Waals surface area contributed by atoms with Crippen LogP contribution < -0.4 is 0 Å². The molecule has 2 aromatic rings. The van der Waals surface area contributed by atoms with Gasteiger partial charge in [-0.15, -0.1) is 11.3 Å². The Kier molecular flexibility index (Phi) is 5.18. The number of benzene rings is 1. The van der Waals surface area contributed by atoms with Crippen LogP contribution in [0.2, 0.25) is 0 Å². The van der Waals surface area contributed by atoms with Crippen molar-refractivity contribution >= 4 is 23.2 Å². The van der Waals surface area contributed by atoms with Gasteiger partial charge in [0.05, 0.1) is 12.3 Å². The number of rotatable bonds is 4. The number of aromatic nitrogens is 1. The monoisotopic (exact) mass is 358 g/mol. The van der Waals surface area contributed by atoms with Gasteiger partial charge in [0.15, 0.2) is 0 Å². The molecular weight excluding hydrogens is 336 g/mol. The van der Waals surface area contributed by atoms with Gasteiger partial charge < -0.3 is 9.64 Å². The van der Waals surface area contributed by atoms with Crippen LogP contribution in [0.5, 0.6) is 0 Å². The fourth-order valence-electron chi connectivity index (χ4n) is 3.06. The number of hydrogen-bond acceptors (Lipinski definition) is 5. The van der Waals surface area contributed by atoms with Crippen LogP contribution >= 0.6 is 11.3 Å². The van der Waals surface area contributed by atoms with E-state index in [1.807, 2.05) is 29.2 Å². The van der Waals surface area contributed by atoms with Crippen LogP contribution in [-0.4, -0.2) is 41.0 Å². The maximum atomic E-state index is 12.6. The summed E-state index contributed by atoms with van der Waals surface area (Å²) in [7, 11) is 0. The van der Waals surface area contributed by atoms with E-state index < -0.39 is 0 Å². The maximum Gasteiger partial charge on any atom is 0.350 e. The highest BCUT2D eigenvalue weighted by Crippen LogP contribution is 2.29. The summed E-state index contributed by atoms with van der Waals surface area (Å²) in [6.07, 6.45) is 2.14. The summed E-state index contributed by atoms with van der Waals surface area (Å²) in [4.78, 5) is 31.4. The molecule has 3 rings (SSSR count). The number of carbonyl (C=O) groups excluding carboxylic acids is 2. The lowest BCUT2D eigenvalue weighted by Gasteiger charge is -2.21. The van der Waals surface area contributed by atoms with Gasteiger partial charge >= 0.3 is 5.97 Å². The second-order valence-electron chi connectivity index (χ2n) is 6.22. The van der Waals surface area contributed by atoms with Crippen LogP contribution in [0.1, 0.15) is 52.4 Å². The minimum absolute atomic E-state index is 0.0825. The number of aryl methyl sites for hydroxylation is 1. The van der Waals surface area contributed by atoms with Gasteiger partial charge in [0.2, 0.25) is 0 Å². The predicted molar refractivity (Wildman–Crippen MR) is 98.0 cm³/mol. The average molecular weight is 358 g/mol. The Morgan fingerprint density at radius 1 is 1.32 bits per heavy atom. The first kappa shape index (κ1) is 17.6. The molecule has 1 aliphatic heterocycles. The molecule has 1 aliphatic rings. The molecule has 0 bridgehead atoms. The summed E-state index contributed by atoms with van der Waals surface area (Å²) < 4.78 is 5.06. The summed E-state index contributed by atoms with van der Waals surface area (Å²) in [5.74, 6) is -0.252. The Bertz CT molecular complexity index is 782. The molecule has 1 aromatic carbocycles. The molecule has 1 saturated heterocycles. The zero-order valence-corrected chi connectivity index (χ0v) is 15.6. The highest BCUT2D eigenvalue weighted by Gasteiger charge is 2.26. The van der Waals surface area contributed by atoms with Crippen molar-refractivity contribution < 1.29 is 14.3 Å². The number of likely N-dealkylation sites (tertiary alicyclic amines) is 1. The van der Waals surface area contributed by atoms with Crippen molar-refractivity contribution in [2.45, 2.75) is 39.7 Å². The fraction of sp³-hybridized carbons (Fsp3) is 0.421. The Labute approximate surface area is 151 Å². The molecule has 1 aromatic heterocycles. The molecule has 6 heteroatoms. The third kappa shape index (κ3) is 3.58. The standard InChI is InChI=1S/C19H22N2O3S/c1-4-24-19(23)16-13(3)20-17(25-16)14-7-9-15(10-8-14)18(22)21-11-5-6-12(21)2/h7-10,12H,4-6,11H2,1-3H3. The predicted octanol–water partition coefficient (Wildman–Crippen LogP) is 3.92. The van der Waals surface area contributed by atoms with Gasteiger partial charge in [-0.2, -0.15) is 0 Å². The Morgan fingerprint density at radius 3 is 2.64 bits per heavy atom. The van der Waals surface area contributed by atoms with E-state index in [4.69, 9.17) is 4.74 Å². The first-order valence-corrected chi connectivity index (χ1v) is 9.39. The van der Waals surface area contributed by atoms with Crippen LogP contribution in [0.15, 0.2) is 24.3 Å². The topological polar surface area (TPSA) is 59.5 Å². The molecule has 0 N–H and O–H groups in total. The third-order valence-electron chi connectivity index (χ3n) is 4.45. The summed E-state index contributed by atoms with van der Waals surface area (Å²) in [5.41, 5.74) is 2.26. The Balaban J connectivity index is 1.80. The van der Waals surface area contributed by atoms with E-state index in [2.05, 4.69) is 11.9 Å². The molecule has 2 heterocycles. The number of hydrogen-bond donors (Lipinski definition) is 0. The second kappa shape index (κ2) is 7.35. The van der Waals surface area contributed by atoms with Crippen molar-refractivity contribution in [3.05, 3.63) is 40.4 Å². The van der Waals surface area contributed by atoms with Crippen molar-refractivity contribution in [3.63, 3.8) is 0 Å². The first-order valence-electron chi connectivity index (χ1n) is 8.57. The van der Waals surface area contributed by atoms with Crippen LogP contribution in [0.25, 0.3) is 10.6 Å². The molecule has 1 fully saturated rings. The molecular formula is C19H22N2O3S. The number of ether oxygens (including phenoxy) is 1. The van der Waals surface area contributed by atoms with Crippen molar-refractivity contribution in [1.29, 1.82) is 0 Å². The van der Waals surface area contributed by atoms with Crippen molar-refractivity contribution in [2.75, 3.05) is 13.2 Å². The van der Waals surface area contributed by atoms with E-state index in [0.717, 1.165) is 30.0 Å². The minimum Gasteiger partial charge on any atom is -0.462 e. The van der Waals surface area contributed by atoms with Gasteiger partial charge in [-0.25, -0.2) is 9.78 Å².